The topological polar surface area (TPSA) is 201 Å². The van der Waals surface area contributed by atoms with Crippen molar-refractivity contribution >= 4 is 5.78 Å². The van der Waals surface area contributed by atoms with Crippen molar-refractivity contribution in [3.05, 3.63) is 0 Å². The average Bonchev–Trinajstić information content (AvgIpc) is 2.72. The molecule has 0 amide bonds. The third kappa shape index (κ3) is 7.73. The molecule has 30 heavy (non-hydrogen) atoms. The van der Waals surface area contributed by atoms with Crippen molar-refractivity contribution in [3.63, 3.8) is 0 Å². The van der Waals surface area contributed by atoms with Crippen LogP contribution >= 0.6 is 0 Å². The second kappa shape index (κ2) is 14.3. The van der Waals surface area contributed by atoms with E-state index >= 15 is 0 Å². The van der Waals surface area contributed by atoms with Gasteiger partial charge in [0.15, 0.2) is 5.78 Å². The summed E-state index contributed by atoms with van der Waals surface area (Å²) in [6.07, 6.45) is 11.5. The van der Waals surface area contributed by atoms with E-state index in [-0.39, 0.29) is 6.42 Å². The molecule has 12 nitrogen and oxygen atoms in total. The first-order chi connectivity index (χ1) is 14.0. The fourth-order valence-electron chi connectivity index (χ4n) is 3.16. The summed E-state index contributed by atoms with van der Waals surface area (Å²) in [7, 11) is 0. The molecular weight excluding hydrogens is 406 g/mol. The van der Waals surface area contributed by atoms with Crippen LogP contribution in [0.2, 0.25) is 0 Å². The number of hydrogen-bond donors (Lipinski definition) is 8. The number of nitrogens with zero attached hydrogens (tertiary/aromatic N) is 1. The minimum Gasteiger partial charge on any atom is -0.360 e. The molecule has 0 bridgehead atoms. The molecule has 0 aliphatic heterocycles. The summed E-state index contributed by atoms with van der Waals surface area (Å²) >= 11 is 0. The second-order valence-electron chi connectivity index (χ2n) is 7.46. The van der Waals surface area contributed by atoms with E-state index in [4.69, 9.17) is 20.9 Å². The van der Waals surface area contributed by atoms with Gasteiger partial charge in [-0.1, -0.05) is 77.6 Å². The molecule has 0 fully saturated rings. The van der Waals surface area contributed by atoms with E-state index in [1.807, 2.05) is 0 Å². The summed E-state index contributed by atoms with van der Waals surface area (Å²) in [5.41, 5.74) is -4.32. The van der Waals surface area contributed by atoms with Gasteiger partial charge in [-0.3, -0.25) is 15.2 Å². The highest BCUT2D eigenvalue weighted by atomic mass is 17.2. The third-order valence-electron chi connectivity index (χ3n) is 5.11. The number of unbranched alkanes of at least 4 members (excludes halogenated alkanes) is 11. The van der Waals surface area contributed by atoms with Crippen LogP contribution in [0.5, 0.6) is 0 Å². The smallest absolute Gasteiger partial charge is 0.360 e. The molecule has 180 valence electrons. The molecule has 0 rings (SSSR count). The van der Waals surface area contributed by atoms with Crippen LogP contribution in [-0.2, 0) is 14.6 Å². The molecule has 12 heteroatoms. The summed E-state index contributed by atoms with van der Waals surface area (Å²) in [6.45, 7) is 2.18. The molecule has 0 aliphatic rings. The molecule has 2 atom stereocenters. The van der Waals surface area contributed by atoms with Gasteiger partial charge in [-0.05, 0) is 11.6 Å². The summed E-state index contributed by atoms with van der Waals surface area (Å²) in [6, 6.07) is 0. The maximum atomic E-state index is 12.2. The van der Waals surface area contributed by atoms with Gasteiger partial charge >= 0.3 is 17.5 Å². The average molecular weight is 443 g/mol. The van der Waals surface area contributed by atoms with Crippen molar-refractivity contribution in [2.45, 2.75) is 108 Å². The van der Waals surface area contributed by atoms with Crippen LogP contribution in [0.15, 0.2) is 0 Å². The maximum Gasteiger partial charge on any atom is 0.361 e. The summed E-state index contributed by atoms with van der Waals surface area (Å²) < 4.78 is 0. The number of aliphatic hydroxyl groups is 4. The molecular formula is C18H37NO11. The van der Waals surface area contributed by atoms with Gasteiger partial charge in [-0.15, -0.1) is 0 Å². The lowest BCUT2D eigenvalue weighted by atomic mass is 9.92. The molecule has 8 N–H and O–H groups in total. The van der Waals surface area contributed by atoms with E-state index in [9.17, 15) is 25.2 Å². The maximum absolute atomic E-state index is 12.2. The lowest BCUT2D eigenvalue weighted by Gasteiger charge is -2.44. The summed E-state index contributed by atoms with van der Waals surface area (Å²) in [4.78, 5) is 18.7. The number of carbonyl (C=O) groups excluding carboxylic acids is 1. The predicted molar refractivity (Wildman–Crippen MR) is 101 cm³/mol. The van der Waals surface area contributed by atoms with E-state index in [0.717, 1.165) is 25.7 Å². The Morgan fingerprint density at radius 3 is 1.47 bits per heavy atom. The molecule has 0 heterocycles. The zero-order chi connectivity index (χ0) is 23.3. The zero-order valence-corrected chi connectivity index (χ0v) is 17.4. The van der Waals surface area contributed by atoms with Crippen molar-refractivity contribution in [2.75, 3.05) is 0 Å². The van der Waals surface area contributed by atoms with Gasteiger partial charge in [0.1, 0.15) is 0 Å². The van der Waals surface area contributed by atoms with Crippen LogP contribution in [-0.4, -0.2) is 69.9 Å². The Labute approximate surface area is 175 Å². The van der Waals surface area contributed by atoms with Gasteiger partial charge in [0.05, 0.1) is 0 Å². The highest BCUT2D eigenvalue weighted by molar-refractivity contribution is 5.87. The van der Waals surface area contributed by atoms with Gasteiger partial charge in [-0.25, -0.2) is 10.5 Å². The van der Waals surface area contributed by atoms with Crippen LogP contribution < -0.4 is 0 Å². The molecule has 0 radical (unpaired) electrons. The normalized spacial score (nSPS) is 16.5. The molecule has 2 unspecified atom stereocenters. The van der Waals surface area contributed by atoms with E-state index < -0.39 is 34.9 Å². The third-order valence-corrected chi connectivity index (χ3v) is 5.11. The molecule has 0 aromatic carbocycles. The highest BCUT2D eigenvalue weighted by Gasteiger charge is 2.73. The van der Waals surface area contributed by atoms with E-state index in [1.165, 1.54) is 38.5 Å². The fourth-order valence-corrected chi connectivity index (χ4v) is 3.16. The fraction of sp³-hybridized carbons (Fsp3) is 0.944. The van der Waals surface area contributed by atoms with Crippen LogP contribution in [0.25, 0.3) is 0 Å². The predicted octanol–water partition coefficient (Wildman–Crippen LogP) is 1.72. The first-order valence-electron chi connectivity index (χ1n) is 10.3. The minimum atomic E-state index is -4.35. The summed E-state index contributed by atoms with van der Waals surface area (Å²) in [5.74, 6) is -9.86. The number of hydroxylamine groups is 2. The van der Waals surface area contributed by atoms with Crippen molar-refractivity contribution in [3.8, 4) is 0 Å². The zero-order valence-electron chi connectivity index (χ0n) is 17.4. The van der Waals surface area contributed by atoms with Crippen molar-refractivity contribution in [1.29, 1.82) is 0 Å². The van der Waals surface area contributed by atoms with Gasteiger partial charge in [0, 0.05) is 6.42 Å². The van der Waals surface area contributed by atoms with Gasteiger partial charge in [-0.2, -0.15) is 9.78 Å². The number of hydrogen-bond acceptors (Lipinski definition) is 12. The summed E-state index contributed by atoms with van der Waals surface area (Å²) in [5, 5.41) is 72.7. The lowest BCUT2D eigenvalue weighted by molar-refractivity contribution is -0.617. The van der Waals surface area contributed by atoms with Crippen LogP contribution in [0, 0.1) is 0 Å². The monoisotopic (exact) mass is 443 g/mol. The number of ketones is 1. The number of carbonyl (C=O) groups is 1. The first-order valence-corrected chi connectivity index (χ1v) is 10.3. The van der Waals surface area contributed by atoms with Crippen molar-refractivity contribution in [1.82, 2.24) is 5.23 Å². The Morgan fingerprint density at radius 1 is 0.733 bits per heavy atom. The van der Waals surface area contributed by atoms with E-state index in [2.05, 4.69) is 16.7 Å². The Bertz CT molecular complexity index is 477. The molecule has 0 aliphatic carbocycles. The quantitative estimate of drug-likeness (QED) is 0.0622. The van der Waals surface area contributed by atoms with Crippen LogP contribution in [0.4, 0.5) is 0 Å². The second-order valence-corrected chi connectivity index (χ2v) is 7.46. The Kier molecular flexibility index (Phi) is 14.0. The lowest BCUT2D eigenvalue weighted by Crippen LogP contribution is -2.78. The molecule has 0 saturated heterocycles. The van der Waals surface area contributed by atoms with Crippen molar-refractivity contribution < 1.29 is 55.9 Å². The van der Waals surface area contributed by atoms with Crippen molar-refractivity contribution in [2.24, 2.45) is 0 Å². The molecule has 0 aromatic heterocycles. The SMILES string of the molecule is CCCCCCCCCCCCCCC(=O)C(O)(OO)C(O)(N(O)O)C(O)(O)OO. The molecule has 0 spiro atoms. The standard InChI is InChI=1S/C18H37NO11/c1-2-3-4-5-6-7-8-9-10-11-12-13-14-15(20)16(21,29-27)17(22,19(25)26)18(23,24)30-28/h21-28H,2-14H2,1H3. The first kappa shape index (κ1) is 29.2. The van der Waals surface area contributed by atoms with Gasteiger partial charge in [0.25, 0.3) is 0 Å². The Balaban J connectivity index is 4.41. The van der Waals surface area contributed by atoms with Crippen LogP contribution in [0.3, 0.4) is 0 Å². The van der Waals surface area contributed by atoms with E-state index in [1.54, 1.807) is 0 Å². The number of rotatable bonds is 19. The highest BCUT2D eigenvalue weighted by Crippen LogP contribution is 2.36. The van der Waals surface area contributed by atoms with Gasteiger partial charge in [0.2, 0.25) is 0 Å². The Morgan fingerprint density at radius 2 is 1.13 bits per heavy atom. The molecule has 0 aromatic rings. The van der Waals surface area contributed by atoms with Gasteiger partial charge < -0.3 is 20.4 Å². The largest absolute Gasteiger partial charge is 0.361 e. The number of Topliss-reactive ketones (excluding diaryl/α,β-unsaturated/α-hetero) is 1. The molecule has 0 saturated carbocycles. The van der Waals surface area contributed by atoms with Crippen LogP contribution in [0.1, 0.15) is 90.4 Å². The van der Waals surface area contributed by atoms with E-state index in [0.29, 0.717) is 6.42 Å². The Hall–Kier alpha value is -0.770. The minimum absolute atomic E-state index is 0.165.